The fraction of sp³-hybridized carbons (Fsp3) is 0.700. The first-order chi connectivity index (χ1) is 20.7. The lowest BCUT2D eigenvalue weighted by Crippen LogP contribution is -2.65. The van der Waals surface area contributed by atoms with E-state index < -0.39 is 102 Å². The Kier molecular flexibility index (Phi) is 8.99. The van der Waals surface area contributed by atoms with Gasteiger partial charge in [0.05, 0.1) is 37.8 Å². The normalized spacial score (nSPS) is 42.7. The minimum Gasteiger partial charge on any atom is -0.472 e. The van der Waals surface area contributed by atoms with Crippen LogP contribution in [0.5, 0.6) is 0 Å². The fourth-order valence-corrected chi connectivity index (χ4v) is 7.60. The average molecular weight is 625 g/mol. The van der Waals surface area contributed by atoms with Crippen LogP contribution in [0.2, 0.25) is 0 Å². The molecule has 0 radical (unpaired) electrons. The Balaban J connectivity index is 1.50. The molecule has 1 aromatic heterocycles. The van der Waals surface area contributed by atoms with Crippen LogP contribution >= 0.6 is 0 Å². The molecular weight excluding hydrogens is 584 g/mol. The molecule has 44 heavy (non-hydrogen) atoms. The highest BCUT2D eigenvalue weighted by Crippen LogP contribution is 2.65. The summed E-state index contributed by atoms with van der Waals surface area (Å²) in [5.41, 5.74) is -1.21. The Hall–Kier alpha value is -2.85. The number of hydrogen-bond acceptors (Lipinski definition) is 14. The van der Waals surface area contributed by atoms with E-state index in [1.807, 2.05) is 6.92 Å². The molecule has 14 nitrogen and oxygen atoms in total. The summed E-state index contributed by atoms with van der Waals surface area (Å²) in [5, 5.41) is 52.4. The summed E-state index contributed by atoms with van der Waals surface area (Å²) in [4.78, 5) is 38.7. The van der Waals surface area contributed by atoms with Crippen molar-refractivity contribution in [1.29, 1.82) is 0 Å². The van der Waals surface area contributed by atoms with Crippen LogP contribution in [-0.4, -0.2) is 106 Å². The number of cyclic esters (lactones) is 1. The standard InChI is InChI=1S/C30H40O14/c1-13(31)25(36)41-12-19-22(33)23(34)24(35)28(43-19)44-21-9-16-27(38)42-18(14-5-6-40-11-14)10-29(16,2)20-8-15(32)7-17(26(37)39-4)30(20,21)3/h5-7,11,13,15-16,18-24,28,31-35H,8-10,12H2,1-4H3/t13-,15-,16+,18-,19+,20-,21-,22+,23-,24+,28-,29+,30-/m0/s1. The first-order valence-corrected chi connectivity index (χ1v) is 14.6. The van der Waals surface area contributed by atoms with Crippen molar-refractivity contribution in [2.75, 3.05) is 13.7 Å². The molecule has 3 heterocycles. The van der Waals surface area contributed by atoms with Crippen molar-refractivity contribution < 1.29 is 68.0 Å². The van der Waals surface area contributed by atoms with Crippen molar-refractivity contribution in [2.45, 2.75) is 95.2 Å². The quantitative estimate of drug-likeness (QED) is 0.198. The van der Waals surface area contributed by atoms with Gasteiger partial charge in [0.25, 0.3) is 0 Å². The van der Waals surface area contributed by atoms with Gasteiger partial charge in [-0.25, -0.2) is 9.59 Å². The van der Waals surface area contributed by atoms with Crippen molar-refractivity contribution in [3.05, 3.63) is 35.8 Å². The molecule has 2 aliphatic heterocycles. The van der Waals surface area contributed by atoms with Crippen molar-refractivity contribution >= 4 is 17.9 Å². The first-order valence-electron chi connectivity index (χ1n) is 14.6. The minimum absolute atomic E-state index is 0.0117. The second-order valence-corrected chi connectivity index (χ2v) is 12.6. The van der Waals surface area contributed by atoms with Crippen LogP contribution in [-0.2, 0) is 38.1 Å². The predicted molar refractivity (Wildman–Crippen MR) is 145 cm³/mol. The Morgan fingerprint density at radius 2 is 1.84 bits per heavy atom. The molecule has 1 saturated carbocycles. The predicted octanol–water partition coefficient (Wildman–Crippen LogP) is -0.103. The fourth-order valence-electron chi connectivity index (χ4n) is 7.60. The number of furan rings is 1. The molecule has 0 spiro atoms. The Labute approximate surface area is 253 Å². The third-order valence-corrected chi connectivity index (χ3v) is 10.0. The van der Waals surface area contributed by atoms with Crippen molar-refractivity contribution in [2.24, 2.45) is 22.7 Å². The maximum absolute atomic E-state index is 13.6. The molecule has 5 N–H and O–H groups in total. The number of rotatable bonds is 7. The summed E-state index contributed by atoms with van der Waals surface area (Å²) in [5.74, 6) is -3.50. The number of carbonyl (C=O) groups excluding carboxylic acids is 3. The van der Waals surface area contributed by atoms with E-state index in [4.69, 9.17) is 28.1 Å². The van der Waals surface area contributed by atoms with Crippen LogP contribution in [0, 0.1) is 22.7 Å². The highest BCUT2D eigenvalue weighted by Gasteiger charge is 2.67. The summed E-state index contributed by atoms with van der Waals surface area (Å²) in [6, 6.07) is 1.71. The van der Waals surface area contributed by atoms with Crippen LogP contribution in [0.4, 0.5) is 0 Å². The zero-order chi connectivity index (χ0) is 32.1. The molecule has 13 atom stereocenters. The molecule has 4 aliphatic rings. The largest absolute Gasteiger partial charge is 0.472 e. The Morgan fingerprint density at radius 1 is 1.11 bits per heavy atom. The third kappa shape index (κ3) is 5.46. The van der Waals surface area contributed by atoms with Gasteiger partial charge in [-0.15, -0.1) is 0 Å². The molecular formula is C30H40O14. The Bertz CT molecular complexity index is 1260. The lowest BCUT2D eigenvalue weighted by Gasteiger charge is -2.62. The average Bonchev–Trinajstić information content (AvgIpc) is 3.52. The number of aliphatic hydroxyl groups is 5. The van der Waals surface area contributed by atoms with Gasteiger partial charge in [0.2, 0.25) is 0 Å². The first kappa shape index (κ1) is 32.5. The summed E-state index contributed by atoms with van der Waals surface area (Å²) >= 11 is 0. The molecule has 0 aromatic carbocycles. The third-order valence-electron chi connectivity index (χ3n) is 10.0. The van der Waals surface area contributed by atoms with Crippen LogP contribution in [0.15, 0.2) is 34.7 Å². The van der Waals surface area contributed by atoms with Crippen molar-refractivity contribution in [3.63, 3.8) is 0 Å². The topological polar surface area (TPSA) is 212 Å². The van der Waals surface area contributed by atoms with E-state index in [1.54, 1.807) is 13.0 Å². The summed E-state index contributed by atoms with van der Waals surface area (Å²) in [6.07, 6.45) is -7.36. The SMILES string of the molecule is COC(=O)C1=C[C@H](O)C[C@H]2[C@]3(C)C[C@@H](c4ccoc4)OC(=O)[C@H]3C[C@H](O[C@@H]3O[C@H](COC(=O)[C@H](C)O)[C@@H](O)[C@H](O)[C@H]3O)[C@@]12C. The van der Waals surface area contributed by atoms with Crippen LogP contribution in [0.3, 0.4) is 0 Å². The van der Waals surface area contributed by atoms with E-state index in [2.05, 4.69) is 0 Å². The van der Waals surface area contributed by atoms with Gasteiger partial charge < -0.3 is 53.6 Å². The summed E-state index contributed by atoms with van der Waals surface area (Å²) in [6.45, 7) is 4.32. The van der Waals surface area contributed by atoms with Gasteiger partial charge in [0.1, 0.15) is 43.2 Å². The molecule has 5 rings (SSSR count). The number of ether oxygens (including phenoxy) is 5. The van der Waals surface area contributed by atoms with E-state index in [1.165, 1.54) is 32.6 Å². The number of esters is 3. The number of hydrogen-bond donors (Lipinski definition) is 5. The maximum Gasteiger partial charge on any atom is 0.334 e. The smallest absolute Gasteiger partial charge is 0.334 e. The Morgan fingerprint density at radius 3 is 2.48 bits per heavy atom. The van der Waals surface area contributed by atoms with Crippen LogP contribution in [0.25, 0.3) is 0 Å². The van der Waals surface area contributed by atoms with Gasteiger partial charge in [0, 0.05) is 16.6 Å². The van der Waals surface area contributed by atoms with Crippen molar-refractivity contribution in [1.82, 2.24) is 0 Å². The zero-order valence-electron chi connectivity index (χ0n) is 24.9. The molecule has 3 fully saturated rings. The van der Waals surface area contributed by atoms with Gasteiger partial charge in [-0.05, 0) is 49.7 Å². The lowest BCUT2D eigenvalue weighted by atomic mass is 9.44. The summed E-state index contributed by atoms with van der Waals surface area (Å²) < 4.78 is 33.2. The van der Waals surface area contributed by atoms with E-state index in [0.29, 0.717) is 12.0 Å². The van der Waals surface area contributed by atoms with E-state index >= 15 is 0 Å². The molecule has 0 unspecified atom stereocenters. The molecule has 0 amide bonds. The molecule has 2 saturated heterocycles. The van der Waals surface area contributed by atoms with Crippen LogP contribution < -0.4 is 0 Å². The van der Waals surface area contributed by atoms with E-state index in [9.17, 15) is 39.9 Å². The molecule has 1 aromatic rings. The van der Waals surface area contributed by atoms with Gasteiger partial charge >= 0.3 is 17.9 Å². The van der Waals surface area contributed by atoms with Crippen molar-refractivity contribution in [3.8, 4) is 0 Å². The molecule has 0 bridgehead atoms. The summed E-state index contributed by atoms with van der Waals surface area (Å²) in [7, 11) is 1.21. The minimum atomic E-state index is -1.78. The van der Waals surface area contributed by atoms with E-state index in [0.717, 1.165) is 0 Å². The second-order valence-electron chi connectivity index (χ2n) is 12.6. The maximum atomic E-state index is 13.6. The number of carbonyl (C=O) groups is 3. The zero-order valence-corrected chi connectivity index (χ0v) is 24.9. The van der Waals surface area contributed by atoms with Gasteiger partial charge in [-0.3, -0.25) is 4.79 Å². The van der Waals surface area contributed by atoms with Crippen LogP contribution in [0.1, 0.15) is 51.7 Å². The van der Waals surface area contributed by atoms with E-state index in [-0.39, 0.29) is 18.4 Å². The molecule has 244 valence electrons. The lowest BCUT2D eigenvalue weighted by molar-refractivity contribution is -0.330. The number of methoxy groups -OCH3 is 1. The monoisotopic (exact) mass is 624 g/mol. The second kappa shape index (κ2) is 12.2. The highest BCUT2D eigenvalue weighted by molar-refractivity contribution is 5.91. The van der Waals surface area contributed by atoms with Gasteiger partial charge in [-0.1, -0.05) is 13.8 Å². The highest BCUT2D eigenvalue weighted by atomic mass is 16.7. The molecule has 14 heteroatoms. The molecule has 2 aliphatic carbocycles. The number of fused-ring (bicyclic) bond motifs is 3. The van der Waals surface area contributed by atoms with Gasteiger partial charge in [-0.2, -0.15) is 0 Å². The number of aliphatic hydroxyl groups excluding tert-OH is 5. The van der Waals surface area contributed by atoms with Gasteiger partial charge in [0.15, 0.2) is 6.29 Å².